The quantitative estimate of drug-likeness (QED) is 0.519. The summed E-state index contributed by atoms with van der Waals surface area (Å²) >= 11 is 0. The molecule has 2 unspecified atom stereocenters. The number of carbonyl (C=O) groups excluding carboxylic acids is 1. The van der Waals surface area contributed by atoms with Crippen molar-refractivity contribution in [2.45, 2.75) is 70.9 Å². The summed E-state index contributed by atoms with van der Waals surface area (Å²) in [6, 6.07) is 2.12. The highest BCUT2D eigenvalue weighted by molar-refractivity contribution is 6.08. The molecule has 194 valence electrons. The van der Waals surface area contributed by atoms with Gasteiger partial charge in [-0.05, 0) is 24.3 Å². The molecule has 1 saturated carbocycles. The number of fused-ring (bicyclic) bond motifs is 3. The maximum atomic E-state index is 12.9. The fourth-order valence-corrected chi connectivity index (χ4v) is 5.41. The Balaban J connectivity index is 0.000000252. The first-order chi connectivity index (χ1) is 17.4. The molecule has 3 aromatic rings. The van der Waals surface area contributed by atoms with Gasteiger partial charge >= 0.3 is 0 Å². The monoisotopic (exact) mass is 501 g/mol. The molecule has 1 aliphatic carbocycles. The van der Waals surface area contributed by atoms with E-state index in [4.69, 9.17) is 4.74 Å². The van der Waals surface area contributed by atoms with Gasteiger partial charge in [0.25, 0.3) is 12.3 Å². The van der Waals surface area contributed by atoms with Crippen LogP contribution in [-0.4, -0.2) is 56.0 Å². The largest absolute Gasteiger partial charge is 0.374 e. The highest BCUT2D eigenvalue weighted by atomic mass is 19.3. The SMILES string of the molecule is CC(C)C1CCCCC1.O=C(Nc1cn[nH]c1C(F)F)c1cnn2ccc(N3CC4CC3CO4)nc12. The number of nitrogens with zero attached hydrogens (tertiary/aromatic N) is 5. The molecule has 2 N–H and O–H groups in total. The van der Waals surface area contributed by atoms with Crippen LogP contribution in [0.3, 0.4) is 0 Å². The molecule has 0 spiro atoms. The van der Waals surface area contributed by atoms with Gasteiger partial charge in [-0.15, -0.1) is 0 Å². The lowest BCUT2D eigenvalue weighted by Gasteiger charge is -2.27. The van der Waals surface area contributed by atoms with Crippen molar-refractivity contribution in [3.05, 3.63) is 35.9 Å². The van der Waals surface area contributed by atoms with E-state index in [1.807, 2.05) is 6.07 Å². The van der Waals surface area contributed by atoms with Gasteiger partial charge in [-0.25, -0.2) is 18.3 Å². The molecule has 11 heteroatoms. The molecule has 36 heavy (non-hydrogen) atoms. The van der Waals surface area contributed by atoms with Crippen molar-refractivity contribution in [3.63, 3.8) is 0 Å². The zero-order chi connectivity index (χ0) is 25.2. The van der Waals surface area contributed by atoms with Crippen LogP contribution in [0.4, 0.5) is 20.3 Å². The topological polar surface area (TPSA) is 100 Å². The third kappa shape index (κ3) is 5.07. The summed E-state index contributed by atoms with van der Waals surface area (Å²) < 4.78 is 33.0. The molecule has 2 atom stereocenters. The van der Waals surface area contributed by atoms with Crippen LogP contribution in [0.25, 0.3) is 5.65 Å². The summed E-state index contributed by atoms with van der Waals surface area (Å²) in [7, 11) is 0. The minimum absolute atomic E-state index is 0.0699. The second-order valence-corrected chi connectivity index (χ2v) is 10.2. The van der Waals surface area contributed by atoms with E-state index < -0.39 is 18.0 Å². The predicted molar refractivity (Wildman–Crippen MR) is 131 cm³/mol. The Morgan fingerprint density at radius 2 is 2.03 bits per heavy atom. The summed E-state index contributed by atoms with van der Waals surface area (Å²) in [5.41, 5.74) is 0.0377. The van der Waals surface area contributed by atoms with Crippen molar-refractivity contribution in [1.82, 2.24) is 24.8 Å². The van der Waals surface area contributed by atoms with Gasteiger partial charge < -0.3 is 15.0 Å². The van der Waals surface area contributed by atoms with Gasteiger partial charge in [-0.1, -0.05) is 46.0 Å². The number of amides is 1. The first kappa shape index (κ1) is 24.6. The van der Waals surface area contributed by atoms with Crippen LogP contribution in [0.5, 0.6) is 0 Å². The maximum absolute atomic E-state index is 12.9. The van der Waals surface area contributed by atoms with Crippen molar-refractivity contribution in [3.8, 4) is 0 Å². The lowest BCUT2D eigenvalue weighted by atomic mass is 9.82. The summed E-state index contributed by atoms with van der Waals surface area (Å²) in [5, 5.41) is 12.3. The minimum atomic E-state index is -2.77. The van der Waals surface area contributed by atoms with Crippen molar-refractivity contribution in [1.29, 1.82) is 0 Å². The number of halogens is 2. The average molecular weight is 502 g/mol. The van der Waals surface area contributed by atoms with Gasteiger partial charge in [0.2, 0.25) is 0 Å². The van der Waals surface area contributed by atoms with E-state index in [1.165, 1.54) is 42.8 Å². The number of aromatic nitrogens is 5. The van der Waals surface area contributed by atoms with E-state index in [0.717, 1.165) is 36.8 Å². The van der Waals surface area contributed by atoms with E-state index >= 15 is 0 Å². The first-order valence-corrected chi connectivity index (χ1v) is 12.8. The molecule has 0 aromatic carbocycles. The van der Waals surface area contributed by atoms with Gasteiger partial charge in [-0.2, -0.15) is 10.2 Å². The zero-order valence-electron chi connectivity index (χ0n) is 20.7. The number of carbonyl (C=O) groups is 1. The van der Waals surface area contributed by atoms with Crippen LogP contribution >= 0.6 is 0 Å². The Hall–Kier alpha value is -3.08. The van der Waals surface area contributed by atoms with Crippen LogP contribution in [0.2, 0.25) is 0 Å². The molecule has 3 fully saturated rings. The number of H-pyrrole nitrogens is 1. The van der Waals surface area contributed by atoms with Gasteiger partial charge in [0.1, 0.15) is 17.1 Å². The number of aromatic amines is 1. The summed E-state index contributed by atoms with van der Waals surface area (Å²) in [5.74, 6) is 2.15. The van der Waals surface area contributed by atoms with Crippen molar-refractivity contribution < 1.29 is 18.3 Å². The second kappa shape index (κ2) is 10.5. The first-order valence-electron chi connectivity index (χ1n) is 12.8. The number of hydrogen-bond acceptors (Lipinski definition) is 6. The normalized spacial score (nSPS) is 21.9. The number of rotatable bonds is 5. The van der Waals surface area contributed by atoms with E-state index in [2.05, 4.69) is 44.3 Å². The number of anilines is 2. The average Bonchev–Trinajstić information content (AvgIpc) is 3.68. The minimum Gasteiger partial charge on any atom is -0.374 e. The highest BCUT2D eigenvalue weighted by Gasteiger charge is 2.39. The lowest BCUT2D eigenvalue weighted by Crippen LogP contribution is -2.37. The zero-order valence-corrected chi connectivity index (χ0v) is 20.7. The predicted octanol–water partition coefficient (Wildman–Crippen LogP) is 4.84. The smallest absolute Gasteiger partial charge is 0.281 e. The number of ether oxygens (including phenoxy) is 1. The molecular formula is C25H33F2N7O2. The van der Waals surface area contributed by atoms with E-state index in [1.54, 1.807) is 6.20 Å². The molecule has 0 radical (unpaired) electrons. The number of morpholine rings is 1. The Bertz CT molecular complexity index is 1190. The van der Waals surface area contributed by atoms with Crippen molar-refractivity contribution >= 4 is 23.1 Å². The number of nitrogens with one attached hydrogen (secondary N) is 2. The maximum Gasteiger partial charge on any atom is 0.281 e. The van der Waals surface area contributed by atoms with E-state index in [-0.39, 0.29) is 23.4 Å². The molecule has 2 saturated heterocycles. The molecule has 2 aliphatic heterocycles. The Morgan fingerprint density at radius 3 is 2.67 bits per heavy atom. The summed E-state index contributed by atoms with van der Waals surface area (Å²) in [6.07, 6.45) is 10.1. The molecule has 2 bridgehead atoms. The molecule has 9 nitrogen and oxygen atoms in total. The Morgan fingerprint density at radius 1 is 1.22 bits per heavy atom. The highest BCUT2D eigenvalue weighted by Crippen LogP contribution is 2.32. The fraction of sp³-hybridized carbons (Fsp3) is 0.600. The van der Waals surface area contributed by atoms with E-state index in [9.17, 15) is 13.6 Å². The number of hydrogen-bond donors (Lipinski definition) is 2. The third-order valence-electron chi connectivity index (χ3n) is 7.52. The molecule has 6 rings (SSSR count). The van der Waals surface area contributed by atoms with Crippen molar-refractivity contribution in [2.24, 2.45) is 11.8 Å². The van der Waals surface area contributed by atoms with Gasteiger partial charge in [0.15, 0.2) is 5.65 Å². The van der Waals surface area contributed by atoms with Crippen LogP contribution in [-0.2, 0) is 4.74 Å². The molecule has 3 aromatic heterocycles. The molecule has 3 aliphatic rings. The summed E-state index contributed by atoms with van der Waals surface area (Å²) in [4.78, 5) is 19.3. The van der Waals surface area contributed by atoms with Gasteiger partial charge in [-0.3, -0.25) is 9.89 Å². The standard InChI is InChI=1S/C16H15F2N7O2.C9H18/c17-14(18)13-11(5-19-23-13)21-16(26)10-4-20-25-2-1-12(22-15(10)25)24-6-9-3-8(24)7-27-9;1-8(2)9-6-4-3-5-7-9/h1-2,4-5,8-9,14H,3,6-7H2,(H,19,23)(H,21,26);8-9H,3-7H2,1-2H3. The fourth-order valence-electron chi connectivity index (χ4n) is 5.41. The van der Waals surface area contributed by atoms with Gasteiger partial charge in [0.05, 0.1) is 36.8 Å². The van der Waals surface area contributed by atoms with Gasteiger partial charge in [0, 0.05) is 12.7 Å². The van der Waals surface area contributed by atoms with Crippen LogP contribution in [0, 0.1) is 11.8 Å². The third-order valence-corrected chi connectivity index (χ3v) is 7.52. The van der Waals surface area contributed by atoms with Crippen LogP contribution in [0.1, 0.15) is 74.8 Å². The summed E-state index contributed by atoms with van der Waals surface area (Å²) in [6.45, 7) is 6.14. The van der Waals surface area contributed by atoms with Crippen molar-refractivity contribution in [2.75, 3.05) is 23.4 Å². The second-order valence-electron chi connectivity index (χ2n) is 10.2. The molecule has 1 amide bonds. The Labute approximate surface area is 208 Å². The van der Waals surface area contributed by atoms with Crippen LogP contribution in [0.15, 0.2) is 24.7 Å². The van der Waals surface area contributed by atoms with Crippen LogP contribution < -0.4 is 10.2 Å². The number of alkyl halides is 2. The van der Waals surface area contributed by atoms with E-state index in [0.29, 0.717) is 12.3 Å². The molecular weight excluding hydrogens is 468 g/mol. The molecule has 5 heterocycles. The lowest BCUT2D eigenvalue weighted by molar-refractivity contribution is 0.0988. The Kier molecular flexibility index (Phi) is 7.17.